The molecule has 0 spiro atoms. The van der Waals surface area contributed by atoms with E-state index in [2.05, 4.69) is 9.97 Å². The van der Waals surface area contributed by atoms with Crippen molar-refractivity contribution < 1.29 is 38.9 Å². The summed E-state index contributed by atoms with van der Waals surface area (Å²) < 4.78 is 20.2. The number of anilines is 1. The standard InChI is InChI=1S/C25H25N5O8/c1-15(32)23(30-14-29(2)19-20(30)27-22(26)28-21(19)33)25(35,37-17-11-7-4-8-12-17)24(34,18(13-31)38-23)36-16-9-5-3-6-10-16/h3-12,14,18,31,34-35H,13H2,1-2H3,(H2-,26,27,28,33)/p+1/t18-,23-,24+,25-/m1/s1. The first kappa shape index (κ1) is 25.4. The van der Waals surface area contributed by atoms with Gasteiger partial charge in [0.25, 0.3) is 11.5 Å². The zero-order valence-corrected chi connectivity index (χ0v) is 20.4. The van der Waals surface area contributed by atoms with E-state index < -0.39 is 41.4 Å². The Labute approximate surface area is 215 Å². The highest BCUT2D eigenvalue weighted by Crippen LogP contribution is 2.50. The lowest BCUT2D eigenvalue weighted by Crippen LogP contribution is -2.78. The number of nitrogens with one attached hydrogen (secondary N) is 1. The monoisotopic (exact) mass is 524 g/mol. The SMILES string of the molecule is CC(=O)[C@@]1([n+]2cn(C)c3c(=O)[nH]c(N)nc32)O[C@H](CO)[C@](O)(Oc2ccccc2)[C@]1(O)Oc1ccccc1. The molecule has 1 saturated heterocycles. The Hall–Kier alpha value is -4.30. The van der Waals surface area contributed by atoms with Gasteiger partial charge >= 0.3 is 22.9 Å². The van der Waals surface area contributed by atoms with Gasteiger partial charge in [0.15, 0.2) is 12.4 Å². The molecule has 198 valence electrons. The maximum Gasteiger partial charge on any atom is 0.349 e. The van der Waals surface area contributed by atoms with Crippen molar-refractivity contribution in [3.05, 3.63) is 77.3 Å². The van der Waals surface area contributed by atoms with E-state index in [4.69, 9.17) is 19.9 Å². The van der Waals surface area contributed by atoms with Crippen molar-refractivity contribution >= 4 is 22.9 Å². The number of fused-ring (bicyclic) bond motifs is 1. The maximum atomic E-state index is 13.6. The number of H-pyrrole nitrogens is 1. The van der Waals surface area contributed by atoms with E-state index in [1.807, 2.05) is 0 Å². The molecule has 4 atom stereocenters. The number of Topliss-reactive ketones (excluding diaryl/α,β-unsaturated/α-hetero) is 1. The van der Waals surface area contributed by atoms with Crippen molar-refractivity contribution in [2.45, 2.75) is 30.3 Å². The first-order chi connectivity index (χ1) is 18.1. The zero-order valence-electron chi connectivity index (χ0n) is 20.4. The number of aliphatic hydroxyl groups is 3. The Balaban J connectivity index is 1.85. The third-order valence-electron chi connectivity index (χ3n) is 6.47. The van der Waals surface area contributed by atoms with Crippen molar-refractivity contribution in [3.63, 3.8) is 0 Å². The number of hydrogen-bond donors (Lipinski definition) is 5. The van der Waals surface area contributed by atoms with Crippen LogP contribution in [0.25, 0.3) is 11.2 Å². The van der Waals surface area contributed by atoms with Gasteiger partial charge in [0.05, 0.1) is 13.7 Å². The topological polar surface area (TPSA) is 186 Å². The molecule has 0 radical (unpaired) electrons. The summed E-state index contributed by atoms with van der Waals surface area (Å²) in [5.41, 5.74) is 2.33. The van der Waals surface area contributed by atoms with Crippen LogP contribution < -0.4 is 25.3 Å². The Morgan fingerprint density at radius 2 is 1.71 bits per heavy atom. The van der Waals surface area contributed by atoms with E-state index in [1.54, 1.807) is 36.4 Å². The molecule has 1 aliphatic rings. The second kappa shape index (κ2) is 8.92. The van der Waals surface area contributed by atoms with Crippen LogP contribution >= 0.6 is 0 Å². The minimum Gasteiger partial charge on any atom is -0.453 e. The van der Waals surface area contributed by atoms with Crippen LogP contribution in [0.3, 0.4) is 0 Å². The number of ketones is 1. The van der Waals surface area contributed by atoms with Crippen LogP contribution in [0.15, 0.2) is 71.8 Å². The smallest absolute Gasteiger partial charge is 0.349 e. The molecule has 1 aliphatic heterocycles. The third-order valence-corrected chi connectivity index (χ3v) is 6.47. The summed E-state index contributed by atoms with van der Waals surface area (Å²) in [5.74, 6) is -7.00. The molecule has 1 fully saturated rings. The fraction of sp³-hybridized carbons (Fsp3) is 0.280. The van der Waals surface area contributed by atoms with E-state index in [1.165, 1.54) is 42.2 Å². The summed E-state index contributed by atoms with van der Waals surface area (Å²) in [6.07, 6.45) is -0.474. The Morgan fingerprint density at radius 3 is 2.26 bits per heavy atom. The summed E-state index contributed by atoms with van der Waals surface area (Å²) in [7, 11) is 1.50. The number of aliphatic hydroxyl groups excluding tert-OH is 1. The Kier molecular flexibility index (Phi) is 5.95. The fourth-order valence-corrected chi connectivity index (χ4v) is 4.78. The number of hydrogen-bond acceptors (Lipinski definition) is 10. The molecule has 0 aliphatic carbocycles. The van der Waals surface area contributed by atoms with Crippen LogP contribution in [-0.4, -0.2) is 59.9 Å². The molecule has 4 aromatic rings. The second-order valence-electron chi connectivity index (χ2n) is 8.88. The van der Waals surface area contributed by atoms with Gasteiger partial charge in [-0.3, -0.25) is 19.1 Å². The highest BCUT2D eigenvalue weighted by atomic mass is 16.8. The minimum atomic E-state index is -3.07. The lowest BCUT2D eigenvalue weighted by Gasteiger charge is -2.42. The zero-order chi connectivity index (χ0) is 27.3. The first-order valence-corrected chi connectivity index (χ1v) is 11.6. The molecular formula is C25H26N5O8+. The molecule has 13 nitrogen and oxygen atoms in total. The van der Waals surface area contributed by atoms with Gasteiger partial charge in [0.2, 0.25) is 11.3 Å². The van der Waals surface area contributed by atoms with Gasteiger partial charge in [-0.25, -0.2) is 0 Å². The van der Waals surface area contributed by atoms with Crippen LogP contribution in [0.1, 0.15) is 6.92 Å². The molecule has 38 heavy (non-hydrogen) atoms. The molecule has 2 aromatic heterocycles. The number of nitrogens with two attached hydrogens (primary N) is 1. The molecule has 5 rings (SSSR count). The number of rotatable bonds is 7. The number of carbonyl (C=O) groups excluding carboxylic acids is 1. The van der Waals surface area contributed by atoms with Crippen molar-refractivity contribution in [1.82, 2.24) is 14.5 Å². The number of imidazole rings is 1. The lowest BCUT2D eigenvalue weighted by molar-refractivity contribution is -0.793. The quantitative estimate of drug-likeness (QED) is 0.153. The van der Waals surface area contributed by atoms with Crippen molar-refractivity contribution in [1.29, 1.82) is 0 Å². The molecule has 3 heterocycles. The molecule has 13 heteroatoms. The molecule has 6 N–H and O–H groups in total. The number of aromatic amines is 1. The summed E-state index contributed by atoms with van der Waals surface area (Å²) in [4.78, 5) is 32.9. The van der Waals surface area contributed by atoms with Gasteiger partial charge in [-0.15, -0.1) is 0 Å². The molecule has 2 aromatic carbocycles. The molecule has 0 amide bonds. The highest BCUT2D eigenvalue weighted by Gasteiger charge is 2.83. The number of nitrogens with zero attached hydrogens (tertiary/aromatic N) is 3. The number of aromatic nitrogens is 4. The van der Waals surface area contributed by atoms with E-state index in [0.29, 0.717) is 0 Å². The highest BCUT2D eigenvalue weighted by molar-refractivity contribution is 5.84. The van der Waals surface area contributed by atoms with E-state index in [9.17, 15) is 24.9 Å². The number of para-hydroxylation sites is 2. The Bertz CT molecular complexity index is 1560. The van der Waals surface area contributed by atoms with Crippen LogP contribution in [0.5, 0.6) is 11.5 Å². The van der Waals surface area contributed by atoms with Crippen molar-refractivity contribution in [2.75, 3.05) is 12.3 Å². The minimum absolute atomic E-state index is 0.0227. The maximum absolute atomic E-state index is 13.6. The van der Waals surface area contributed by atoms with Crippen LogP contribution in [-0.2, 0) is 22.3 Å². The van der Waals surface area contributed by atoms with Gasteiger partial charge in [-0.2, -0.15) is 4.57 Å². The van der Waals surface area contributed by atoms with Crippen LogP contribution in [0.2, 0.25) is 0 Å². The molecule has 0 saturated carbocycles. The van der Waals surface area contributed by atoms with E-state index in [0.717, 1.165) is 11.5 Å². The second-order valence-corrected chi connectivity index (χ2v) is 8.88. The van der Waals surface area contributed by atoms with Crippen LogP contribution in [0.4, 0.5) is 5.95 Å². The third kappa shape index (κ3) is 3.48. The van der Waals surface area contributed by atoms with Crippen molar-refractivity contribution in [2.24, 2.45) is 7.05 Å². The van der Waals surface area contributed by atoms with Gasteiger partial charge < -0.3 is 35.3 Å². The van der Waals surface area contributed by atoms with Crippen molar-refractivity contribution in [3.8, 4) is 11.5 Å². The van der Waals surface area contributed by atoms with Gasteiger partial charge in [-0.1, -0.05) is 41.4 Å². The largest absolute Gasteiger partial charge is 0.453 e. The van der Waals surface area contributed by atoms with Gasteiger partial charge in [0, 0.05) is 6.92 Å². The number of carbonyl (C=O) groups is 1. The number of ether oxygens (including phenoxy) is 3. The summed E-state index contributed by atoms with van der Waals surface area (Å²) in [5, 5.41) is 34.8. The summed E-state index contributed by atoms with van der Waals surface area (Å²) >= 11 is 0. The number of benzene rings is 2. The first-order valence-electron chi connectivity index (χ1n) is 11.6. The number of aryl methyl sites for hydroxylation is 1. The molecule has 0 unspecified atom stereocenters. The predicted octanol–water partition coefficient (Wildman–Crippen LogP) is -0.701. The lowest BCUT2D eigenvalue weighted by atomic mass is 9.90. The van der Waals surface area contributed by atoms with Crippen LogP contribution in [0, 0.1) is 0 Å². The summed E-state index contributed by atoms with van der Waals surface area (Å²) in [6, 6.07) is 15.8. The summed E-state index contributed by atoms with van der Waals surface area (Å²) in [6.45, 7) is 0.185. The fourth-order valence-electron chi connectivity index (χ4n) is 4.78. The van der Waals surface area contributed by atoms with Gasteiger partial charge in [-0.05, 0) is 24.3 Å². The van der Waals surface area contributed by atoms with E-state index in [-0.39, 0.29) is 28.6 Å². The predicted molar refractivity (Wildman–Crippen MR) is 131 cm³/mol. The normalized spacial score (nSPS) is 26.9. The van der Waals surface area contributed by atoms with E-state index >= 15 is 0 Å². The average Bonchev–Trinajstić information content (AvgIpc) is 3.30. The number of nitrogen functional groups attached to an aromatic ring is 1. The van der Waals surface area contributed by atoms with Gasteiger partial charge in [0.1, 0.15) is 11.5 Å². The Morgan fingerprint density at radius 1 is 1.13 bits per heavy atom. The molecular weight excluding hydrogens is 498 g/mol. The molecule has 0 bridgehead atoms. The average molecular weight is 525 g/mol.